The molecule has 1 rings (SSSR count). The van der Waals surface area contributed by atoms with Crippen LogP contribution in [0.25, 0.3) is 0 Å². The number of aryl methyl sites for hydroxylation is 1. The lowest BCUT2D eigenvalue weighted by Crippen LogP contribution is -2.25. The SMILES string of the molecule is CNC(=O)Nc1cc(C(N)=S)ccc1C. The Kier molecular flexibility index (Phi) is 3.62. The lowest BCUT2D eigenvalue weighted by Gasteiger charge is -2.09. The molecular weight excluding hydrogens is 210 g/mol. The maximum absolute atomic E-state index is 11.1. The number of rotatable bonds is 2. The van der Waals surface area contributed by atoms with Crippen LogP contribution >= 0.6 is 12.2 Å². The van der Waals surface area contributed by atoms with Crippen LogP contribution in [0, 0.1) is 6.92 Å². The van der Waals surface area contributed by atoms with Crippen LogP contribution in [0.5, 0.6) is 0 Å². The molecule has 5 heteroatoms. The van der Waals surface area contributed by atoms with E-state index >= 15 is 0 Å². The molecule has 0 spiro atoms. The average molecular weight is 223 g/mol. The minimum atomic E-state index is -0.266. The van der Waals surface area contributed by atoms with Gasteiger partial charge >= 0.3 is 6.03 Å². The molecule has 0 aromatic heterocycles. The molecule has 0 unspecified atom stereocenters. The number of carbonyl (C=O) groups is 1. The normalized spacial score (nSPS) is 9.47. The molecule has 0 fully saturated rings. The number of nitrogens with two attached hydrogens (primary N) is 1. The maximum atomic E-state index is 11.1. The average Bonchev–Trinajstić information content (AvgIpc) is 2.20. The summed E-state index contributed by atoms with van der Waals surface area (Å²) in [4.78, 5) is 11.4. The molecule has 0 saturated heterocycles. The topological polar surface area (TPSA) is 67.2 Å². The van der Waals surface area contributed by atoms with E-state index in [2.05, 4.69) is 10.6 Å². The van der Waals surface area contributed by atoms with Crippen molar-refractivity contribution in [3.05, 3.63) is 29.3 Å². The lowest BCUT2D eigenvalue weighted by molar-refractivity contribution is 0.254. The molecule has 0 bridgehead atoms. The summed E-state index contributed by atoms with van der Waals surface area (Å²) in [5.74, 6) is 0. The minimum absolute atomic E-state index is 0.266. The van der Waals surface area contributed by atoms with Gasteiger partial charge in [-0.2, -0.15) is 0 Å². The quantitative estimate of drug-likeness (QED) is 0.663. The Labute approximate surface area is 93.9 Å². The highest BCUT2D eigenvalue weighted by molar-refractivity contribution is 7.80. The second-order valence-corrected chi connectivity index (χ2v) is 3.54. The van der Waals surface area contributed by atoms with Crippen molar-refractivity contribution >= 4 is 28.9 Å². The molecule has 1 aromatic rings. The van der Waals surface area contributed by atoms with E-state index in [4.69, 9.17) is 18.0 Å². The van der Waals surface area contributed by atoms with Crippen molar-refractivity contribution in [3.8, 4) is 0 Å². The van der Waals surface area contributed by atoms with Gasteiger partial charge in [-0.15, -0.1) is 0 Å². The van der Waals surface area contributed by atoms with Crippen LogP contribution in [0.2, 0.25) is 0 Å². The number of amides is 2. The molecule has 0 aliphatic carbocycles. The van der Waals surface area contributed by atoms with Gasteiger partial charge in [0.2, 0.25) is 0 Å². The molecule has 0 aliphatic heterocycles. The Morgan fingerprint density at radius 2 is 2.13 bits per heavy atom. The number of hydrogen-bond donors (Lipinski definition) is 3. The molecule has 0 radical (unpaired) electrons. The Morgan fingerprint density at radius 3 is 2.67 bits per heavy atom. The van der Waals surface area contributed by atoms with E-state index in [1.165, 1.54) is 0 Å². The van der Waals surface area contributed by atoms with Crippen molar-refractivity contribution < 1.29 is 4.79 Å². The number of nitrogens with one attached hydrogen (secondary N) is 2. The number of anilines is 1. The first kappa shape index (κ1) is 11.5. The fraction of sp³-hybridized carbons (Fsp3) is 0.200. The zero-order valence-corrected chi connectivity index (χ0v) is 9.44. The van der Waals surface area contributed by atoms with Crippen molar-refractivity contribution in [2.24, 2.45) is 5.73 Å². The number of urea groups is 1. The third kappa shape index (κ3) is 2.92. The Balaban J connectivity index is 3.00. The number of carbonyl (C=O) groups excluding carboxylic acids is 1. The smallest absolute Gasteiger partial charge is 0.318 e. The maximum Gasteiger partial charge on any atom is 0.318 e. The summed E-state index contributed by atoms with van der Waals surface area (Å²) in [7, 11) is 1.56. The third-order valence-corrected chi connectivity index (χ3v) is 2.23. The van der Waals surface area contributed by atoms with Gasteiger partial charge in [-0.05, 0) is 18.6 Å². The second kappa shape index (κ2) is 4.75. The fourth-order valence-corrected chi connectivity index (χ4v) is 1.22. The second-order valence-electron chi connectivity index (χ2n) is 3.10. The van der Waals surface area contributed by atoms with Crippen molar-refractivity contribution in [2.75, 3.05) is 12.4 Å². The number of benzene rings is 1. The molecule has 4 N–H and O–H groups in total. The van der Waals surface area contributed by atoms with Crippen LogP contribution in [-0.4, -0.2) is 18.1 Å². The highest BCUT2D eigenvalue weighted by Gasteiger charge is 2.04. The predicted octanol–water partition coefficient (Wildman–Crippen LogP) is 1.38. The van der Waals surface area contributed by atoms with Gasteiger partial charge in [0.15, 0.2) is 0 Å². The Morgan fingerprint density at radius 1 is 1.47 bits per heavy atom. The number of hydrogen-bond acceptors (Lipinski definition) is 2. The van der Waals surface area contributed by atoms with E-state index in [-0.39, 0.29) is 6.03 Å². The zero-order valence-electron chi connectivity index (χ0n) is 8.63. The third-order valence-electron chi connectivity index (χ3n) is 2.00. The predicted molar refractivity (Wildman–Crippen MR) is 65.1 cm³/mol. The summed E-state index contributed by atoms with van der Waals surface area (Å²) in [5.41, 5.74) is 7.90. The first-order valence-electron chi connectivity index (χ1n) is 4.43. The molecule has 0 saturated carbocycles. The standard InChI is InChI=1S/C10H13N3OS/c1-6-3-4-7(9(11)15)5-8(6)13-10(14)12-2/h3-5H,1-2H3,(H2,11,15)(H2,12,13,14). The van der Waals surface area contributed by atoms with Crippen molar-refractivity contribution in [2.45, 2.75) is 6.92 Å². The highest BCUT2D eigenvalue weighted by atomic mass is 32.1. The van der Waals surface area contributed by atoms with Crippen LogP contribution in [-0.2, 0) is 0 Å². The van der Waals surface area contributed by atoms with Crippen LogP contribution in [0.4, 0.5) is 10.5 Å². The molecule has 1 aromatic carbocycles. The summed E-state index contributed by atoms with van der Waals surface area (Å²) in [6, 6.07) is 5.18. The molecular formula is C10H13N3OS. The van der Waals surface area contributed by atoms with Crippen LogP contribution in [0.15, 0.2) is 18.2 Å². The van der Waals surface area contributed by atoms with Crippen LogP contribution in [0.1, 0.15) is 11.1 Å². The number of thiocarbonyl (C=S) groups is 1. The van der Waals surface area contributed by atoms with Crippen molar-refractivity contribution in [1.82, 2.24) is 5.32 Å². The lowest BCUT2D eigenvalue weighted by atomic mass is 10.1. The first-order valence-corrected chi connectivity index (χ1v) is 4.84. The zero-order chi connectivity index (χ0) is 11.4. The molecule has 2 amide bonds. The van der Waals surface area contributed by atoms with E-state index in [9.17, 15) is 4.79 Å². The Hall–Kier alpha value is -1.62. The van der Waals surface area contributed by atoms with E-state index < -0.39 is 0 Å². The van der Waals surface area contributed by atoms with Gasteiger partial charge in [-0.1, -0.05) is 24.4 Å². The molecule has 80 valence electrons. The molecule has 4 nitrogen and oxygen atoms in total. The van der Waals surface area contributed by atoms with Gasteiger partial charge in [-0.25, -0.2) is 4.79 Å². The summed E-state index contributed by atoms with van der Waals surface area (Å²) in [5, 5.41) is 5.17. The molecule has 0 atom stereocenters. The van der Waals surface area contributed by atoms with Gasteiger partial charge in [0.25, 0.3) is 0 Å². The van der Waals surface area contributed by atoms with Crippen molar-refractivity contribution in [3.63, 3.8) is 0 Å². The first-order chi connectivity index (χ1) is 7.04. The van der Waals surface area contributed by atoms with Gasteiger partial charge in [0.05, 0.1) is 0 Å². The van der Waals surface area contributed by atoms with Crippen LogP contribution < -0.4 is 16.4 Å². The summed E-state index contributed by atoms with van der Waals surface area (Å²) in [6.07, 6.45) is 0. The molecule has 0 aliphatic rings. The van der Waals surface area contributed by atoms with E-state index in [0.29, 0.717) is 10.7 Å². The Bertz CT molecular complexity index is 404. The van der Waals surface area contributed by atoms with E-state index in [1.807, 2.05) is 19.1 Å². The minimum Gasteiger partial charge on any atom is -0.389 e. The van der Waals surface area contributed by atoms with Crippen molar-refractivity contribution in [1.29, 1.82) is 0 Å². The van der Waals surface area contributed by atoms with Gasteiger partial charge < -0.3 is 16.4 Å². The largest absolute Gasteiger partial charge is 0.389 e. The fourth-order valence-electron chi connectivity index (χ4n) is 1.09. The van der Waals surface area contributed by atoms with Crippen LogP contribution in [0.3, 0.4) is 0 Å². The van der Waals surface area contributed by atoms with Gasteiger partial charge in [0, 0.05) is 18.3 Å². The summed E-state index contributed by atoms with van der Waals surface area (Å²) in [6.45, 7) is 1.90. The molecule has 0 heterocycles. The van der Waals surface area contributed by atoms with E-state index in [0.717, 1.165) is 11.1 Å². The highest BCUT2D eigenvalue weighted by Crippen LogP contribution is 2.16. The van der Waals surface area contributed by atoms with Gasteiger partial charge in [-0.3, -0.25) is 0 Å². The summed E-state index contributed by atoms with van der Waals surface area (Å²) < 4.78 is 0. The van der Waals surface area contributed by atoms with Gasteiger partial charge in [0.1, 0.15) is 4.99 Å². The molecule has 15 heavy (non-hydrogen) atoms. The summed E-state index contributed by atoms with van der Waals surface area (Å²) >= 11 is 4.86. The monoisotopic (exact) mass is 223 g/mol. The van der Waals surface area contributed by atoms with E-state index in [1.54, 1.807) is 13.1 Å².